The van der Waals surface area contributed by atoms with Gasteiger partial charge in [-0.1, -0.05) is 37.3 Å². The minimum Gasteiger partial charge on any atom is -0.497 e. The number of nitrogens with one attached hydrogen (secondary N) is 1. The predicted molar refractivity (Wildman–Crippen MR) is 185 cm³/mol. The second-order valence-electron chi connectivity index (χ2n) is 13.5. The van der Waals surface area contributed by atoms with E-state index in [9.17, 15) is 24.3 Å². The Morgan fingerprint density at radius 2 is 1.83 bits per heavy atom. The molecule has 0 aromatic heterocycles. The van der Waals surface area contributed by atoms with E-state index in [1.54, 1.807) is 65.5 Å². The summed E-state index contributed by atoms with van der Waals surface area (Å²) < 4.78 is 12.1. The van der Waals surface area contributed by atoms with Gasteiger partial charge in [0.1, 0.15) is 5.75 Å². The summed E-state index contributed by atoms with van der Waals surface area (Å²) >= 11 is 0. The molecule has 6 rings (SSSR count). The first-order valence-electron chi connectivity index (χ1n) is 16.3. The molecular weight excluding hydrogens is 627 g/mol. The molecule has 1 fully saturated rings. The maximum absolute atomic E-state index is 14.5. The van der Waals surface area contributed by atoms with Crippen molar-refractivity contribution < 1.29 is 33.8 Å². The van der Waals surface area contributed by atoms with E-state index in [1.165, 1.54) is 0 Å². The number of fused-ring (bicyclic) bond motifs is 3. The molecule has 0 unspecified atom stereocenters. The summed E-state index contributed by atoms with van der Waals surface area (Å²) in [5, 5.41) is 13.2. The molecule has 252 valence electrons. The Morgan fingerprint density at radius 3 is 2.48 bits per heavy atom. The Balaban J connectivity index is 1.34. The molecular formula is C37H43N3O7Si. The van der Waals surface area contributed by atoms with Crippen LogP contribution in [0.1, 0.15) is 40.4 Å². The highest BCUT2D eigenvalue weighted by atomic mass is 28.4. The number of hydrogen-bond acceptors (Lipinski definition) is 7. The van der Waals surface area contributed by atoms with Gasteiger partial charge in [-0.05, 0) is 73.1 Å². The van der Waals surface area contributed by atoms with Crippen LogP contribution in [0.25, 0.3) is 0 Å². The lowest BCUT2D eigenvalue weighted by molar-refractivity contribution is -0.150. The van der Waals surface area contributed by atoms with Crippen LogP contribution in [0.4, 0.5) is 11.4 Å². The number of nitrogens with zero attached hydrogens (tertiary/aromatic N) is 2. The molecule has 48 heavy (non-hydrogen) atoms. The van der Waals surface area contributed by atoms with E-state index in [-0.39, 0.29) is 43.3 Å². The molecule has 3 amide bonds. The van der Waals surface area contributed by atoms with Gasteiger partial charge in [0.2, 0.25) is 5.91 Å². The number of aliphatic hydroxyl groups excluding tert-OH is 1. The van der Waals surface area contributed by atoms with Gasteiger partial charge in [0.15, 0.2) is 13.9 Å². The number of hydrogen-bond donors (Lipinski definition) is 3. The highest BCUT2D eigenvalue weighted by Gasteiger charge is 2.66. The molecule has 3 heterocycles. The Hall–Kier alpha value is -4.29. The first kappa shape index (κ1) is 33.6. The molecule has 1 saturated heterocycles. The van der Waals surface area contributed by atoms with Crippen molar-refractivity contribution in [2.24, 2.45) is 5.92 Å². The quantitative estimate of drug-likeness (QED) is 0.224. The van der Waals surface area contributed by atoms with Crippen LogP contribution >= 0.6 is 0 Å². The summed E-state index contributed by atoms with van der Waals surface area (Å²) in [4.78, 5) is 56.8. The summed E-state index contributed by atoms with van der Waals surface area (Å²) in [6, 6.07) is 19.6. The molecule has 5 atom stereocenters. The maximum atomic E-state index is 14.5. The molecule has 1 spiro atoms. The number of rotatable bonds is 9. The SMILES string of the molecule is C=CCN1C(=O)[C@]2(O[C@H](CC(=O)N3Cc4ccccc4C[C@H]3CO)[C@@H]([Si](C)(C)O)[C@@H]2C)c2cc(NC(=O)c3ccc(OC)cc3)ccc21. The van der Waals surface area contributed by atoms with Crippen LogP contribution in [0, 0.1) is 5.92 Å². The molecule has 3 aliphatic rings. The fourth-order valence-electron chi connectivity index (χ4n) is 7.94. The van der Waals surface area contributed by atoms with Crippen LogP contribution in [0.5, 0.6) is 5.75 Å². The van der Waals surface area contributed by atoms with Crippen molar-refractivity contribution in [3.05, 3.63) is 102 Å². The van der Waals surface area contributed by atoms with Crippen molar-refractivity contribution in [2.45, 2.75) is 62.7 Å². The zero-order valence-corrected chi connectivity index (χ0v) is 28.8. The van der Waals surface area contributed by atoms with E-state index in [0.29, 0.717) is 41.2 Å². The molecule has 3 N–H and O–H groups in total. The molecule has 0 aliphatic carbocycles. The smallest absolute Gasteiger partial charge is 0.264 e. The van der Waals surface area contributed by atoms with E-state index >= 15 is 0 Å². The molecule has 3 aromatic rings. The Morgan fingerprint density at radius 1 is 1.12 bits per heavy atom. The van der Waals surface area contributed by atoms with Gasteiger partial charge >= 0.3 is 0 Å². The highest BCUT2D eigenvalue weighted by molar-refractivity contribution is 6.71. The van der Waals surface area contributed by atoms with E-state index in [0.717, 1.165) is 11.1 Å². The molecule has 3 aliphatic heterocycles. The summed E-state index contributed by atoms with van der Waals surface area (Å²) in [6.07, 6.45) is 1.38. The number of aliphatic hydroxyl groups is 1. The lowest BCUT2D eigenvalue weighted by Gasteiger charge is -2.37. The van der Waals surface area contributed by atoms with Gasteiger partial charge in [-0.2, -0.15) is 0 Å². The second kappa shape index (κ2) is 13.0. The van der Waals surface area contributed by atoms with Crippen molar-refractivity contribution in [2.75, 3.05) is 30.5 Å². The van der Waals surface area contributed by atoms with Gasteiger partial charge in [-0.15, -0.1) is 6.58 Å². The molecule has 0 bridgehead atoms. The molecule has 0 radical (unpaired) electrons. The van der Waals surface area contributed by atoms with Crippen LogP contribution < -0.4 is 15.0 Å². The third kappa shape index (κ3) is 5.74. The number of methoxy groups -OCH3 is 1. The van der Waals surface area contributed by atoms with Gasteiger partial charge < -0.3 is 34.5 Å². The van der Waals surface area contributed by atoms with Gasteiger partial charge in [-0.25, -0.2) is 0 Å². The standard InChI is InChI=1S/C37H43N3O7Si/c1-6-17-39-31-16-13-27(38-35(43)24-11-14-29(46-3)15-12-24)19-30(31)37(36(39)44)23(2)34(48(4,5)45)32(47-37)20-33(42)40-21-26-10-8-7-9-25(26)18-28(40)22-41/h6-16,19,23,28,32,34,41,45H,1,17-18,20-22H2,2-5H3,(H,38,43)/t23-,28-,32+,34-,37+/m0/s1. The van der Waals surface area contributed by atoms with Crippen molar-refractivity contribution in [1.29, 1.82) is 0 Å². The van der Waals surface area contributed by atoms with Crippen molar-refractivity contribution in [1.82, 2.24) is 4.90 Å². The fourth-order valence-corrected chi connectivity index (χ4v) is 10.5. The lowest BCUT2D eigenvalue weighted by atomic mass is 9.82. The normalized spacial score (nSPS) is 24.8. The van der Waals surface area contributed by atoms with E-state index in [4.69, 9.17) is 9.47 Å². The van der Waals surface area contributed by atoms with Crippen LogP contribution in [0.15, 0.2) is 79.4 Å². The van der Waals surface area contributed by atoms with E-state index < -0.39 is 31.5 Å². The predicted octanol–water partition coefficient (Wildman–Crippen LogP) is 4.61. The average Bonchev–Trinajstić information content (AvgIpc) is 3.50. The summed E-state index contributed by atoms with van der Waals surface area (Å²) in [7, 11) is -1.48. The summed E-state index contributed by atoms with van der Waals surface area (Å²) in [5.74, 6) is -0.677. The van der Waals surface area contributed by atoms with Crippen LogP contribution in [-0.4, -0.2) is 73.2 Å². The van der Waals surface area contributed by atoms with Crippen LogP contribution in [-0.2, 0) is 32.9 Å². The monoisotopic (exact) mass is 669 g/mol. The van der Waals surface area contributed by atoms with Crippen molar-refractivity contribution in [3.8, 4) is 5.75 Å². The third-order valence-corrected chi connectivity index (χ3v) is 12.7. The van der Waals surface area contributed by atoms with E-state index in [2.05, 4.69) is 11.9 Å². The van der Waals surface area contributed by atoms with Crippen LogP contribution in [0.2, 0.25) is 18.6 Å². The third-order valence-electron chi connectivity index (χ3n) is 10.2. The Bertz CT molecular complexity index is 1740. The number of amides is 3. The summed E-state index contributed by atoms with van der Waals surface area (Å²) in [5.41, 5.74) is 2.30. The van der Waals surface area contributed by atoms with Gasteiger partial charge in [0.25, 0.3) is 11.8 Å². The minimum absolute atomic E-state index is 0.0512. The number of carbonyl (C=O) groups is 3. The Labute approximate surface area is 282 Å². The van der Waals surface area contributed by atoms with Gasteiger partial charge in [0, 0.05) is 41.4 Å². The number of anilines is 2. The zero-order chi connectivity index (χ0) is 34.4. The first-order valence-corrected chi connectivity index (χ1v) is 19.4. The lowest BCUT2D eigenvalue weighted by Crippen LogP contribution is -2.48. The molecule has 3 aromatic carbocycles. The molecule has 10 nitrogen and oxygen atoms in total. The highest BCUT2D eigenvalue weighted by Crippen LogP contribution is 2.60. The number of ether oxygens (including phenoxy) is 2. The number of benzene rings is 3. The number of carbonyl (C=O) groups excluding carboxylic acids is 3. The van der Waals surface area contributed by atoms with Gasteiger partial charge in [-0.3, -0.25) is 14.4 Å². The molecule has 0 saturated carbocycles. The van der Waals surface area contributed by atoms with Gasteiger partial charge in [0.05, 0.1) is 38.0 Å². The maximum Gasteiger partial charge on any atom is 0.264 e. The van der Waals surface area contributed by atoms with Crippen LogP contribution in [0.3, 0.4) is 0 Å². The van der Waals surface area contributed by atoms with E-state index in [1.807, 2.05) is 44.3 Å². The second-order valence-corrected chi connectivity index (χ2v) is 17.5. The average molecular weight is 670 g/mol. The van der Waals surface area contributed by atoms with Crippen molar-refractivity contribution in [3.63, 3.8) is 0 Å². The Kier molecular flexibility index (Phi) is 9.07. The topological polar surface area (TPSA) is 129 Å². The van der Waals surface area contributed by atoms with Crippen molar-refractivity contribution >= 4 is 37.4 Å². The largest absolute Gasteiger partial charge is 0.497 e. The molecule has 11 heteroatoms. The first-order chi connectivity index (χ1) is 22.9. The summed E-state index contributed by atoms with van der Waals surface area (Å²) in [6.45, 7) is 9.82. The fraction of sp³-hybridized carbons (Fsp3) is 0.378. The minimum atomic E-state index is -3.04. The zero-order valence-electron chi connectivity index (χ0n) is 27.8.